The normalized spacial score (nSPS) is 10.3. The van der Waals surface area contributed by atoms with Crippen LogP contribution in [0.15, 0.2) is 23.7 Å². The average Bonchev–Trinajstić information content (AvgIpc) is 2.82. The molecule has 0 fully saturated rings. The zero-order chi connectivity index (χ0) is 13.1. The molecule has 0 aliphatic carbocycles. The second-order valence-electron chi connectivity index (χ2n) is 4.01. The molecule has 1 amide bonds. The van der Waals surface area contributed by atoms with Crippen LogP contribution in [0.3, 0.4) is 0 Å². The number of aryl methyl sites for hydroxylation is 2. The highest BCUT2D eigenvalue weighted by atomic mass is 32.1. The van der Waals surface area contributed by atoms with E-state index in [9.17, 15) is 4.79 Å². The van der Waals surface area contributed by atoms with Gasteiger partial charge in [0.2, 0.25) is 0 Å². The van der Waals surface area contributed by atoms with E-state index in [1.807, 2.05) is 25.3 Å². The Labute approximate surface area is 110 Å². The zero-order valence-electron chi connectivity index (χ0n) is 10.4. The molecule has 18 heavy (non-hydrogen) atoms. The molecule has 0 unspecified atom stereocenters. The summed E-state index contributed by atoms with van der Waals surface area (Å²) in [5.74, 6) is 0.417. The number of carbonyl (C=O) groups is 1. The molecule has 0 saturated carbocycles. The highest BCUT2D eigenvalue weighted by Crippen LogP contribution is 2.19. The fraction of sp³-hybridized carbons (Fsp3) is 0.231. The number of nitrogen functional groups attached to an aromatic ring is 1. The predicted molar refractivity (Wildman–Crippen MR) is 75.0 cm³/mol. The second kappa shape index (κ2) is 5.18. The molecule has 2 rings (SSSR count). The maximum Gasteiger partial charge on any atom is 0.267 e. The lowest BCUT2D eigenvalue weighted by Gasteiger charge is -2.06. The Morgan fingerprint density at radius 3 is 3.00 bits per heavy atom. The van der Waals surface area contributed by atoms with E-state index in [0.29, 0.717) is 11.5 Å². The number of amides is 1. The molecule has 0 aromatic carbocycles. The number of carbonyl (C=O) groups excluding carboxylic acids is 1. The van der Waals surface area contributed by atoms with Gasteiger partial charge in [0.25, 0.3) is 5.91 Å². The van der Waals surface area contributed by atoms with Gasteiger partial charge in [0.1, 0.15) is 5.82 Å². The first kappa shape index (κ1) is 12.6. The molecular formula is C13H15N3OS. The maximum atomic E-state index is 12.1. The summed E-state index contributed by atoms with van der Waals surface area (Å²) in [6.07, 6.45) is 2.40. The summed E-state index contributed by atoms with van der Waals surface area (Å²) in [5.41, 5.74) is 8.27. The summed E-state index contributed by atoms with van der Waals surface area (Å²) in [6, 6.07) is 3.74. The van der Waals surface area contributed by atoms with Gasteiger partial charge in [0.05, 0.1) is 16.8 Å². The smallest absolute Gasteiger partial charge is 0.267 e. The summed E-state index contributed by atoms with van der Waals surface area (Å²) < 4.78 is 0. The van der Waals surface area contributed by atoms with Crippen molar-refractivity contribution in [3.8, 4) is 0 Å². The Kier molecular flexibility index (Phi) is 3.62. The molecule has 2 heterocycles. The van der Waals surface area contributed by atoms with E-state index in [-0.39, 0.29) is 5.91 Å². The molecule has 0 saturated heterocycles. The van der Waals surface area contributed by atoms with Crippen molar-refractivity contribution in [2.24, 2.45) is 0 Å². The molecule has 2 aromatic rings. The topological polar surface area (TPSA) is 68.0 Å². The van der Waals surface area contributed by atoms with Crippen molar-refractivity contribution in [1.29, 1.82) is 0 Å². The van der Waals surface area contributed by atoms with Gasteiger partial charge in [0, 0.05) is 0 Å². The molecule has 0 bridgehead atoms. The Morgan fingerprint density at radius 2 is 2.33 bits per heavy atom. The van der Waals surface area contributed by atoms with Crippen molar-refractivity contribution in [3.05, 3.63) is 39.7 Å². The Balaban J connectivity index is 2.19. The molecule has 0 radical (unpaired) electrons. The van der Waals surface area contributed by atoms with E-state index in [4.69, 9.17) is 5.73 Å². The van der Waals surface area contributed by atoms with E-state index in [1.165, 1.54) is 11.3 Å². The highest BCUT2D eigenvalue weighted by molar-refractivity contribution is 7.12. The summed E-state index contributed by atoms with van der Waals surface area (Å²) >= 11 is 1.44. The number of aromatic nitrogens is 1. The fourth-order valence-corrected chi connectivity index (χ4v) is 2.51. The van der Waals surface area contributed by atoms with E-state index in [1.54, 1.807) is 12.3 Å². The summed E-state index contributed by atoms with van der Waals surface area (Å²) in [4.78, 5) is 16.9. The van der Waals surface area contributed by atoms with Crippen LogP contribution in [0.5, 0.6) is 0 Å². The van der Waals surface area contributed by atoms with Crippen LogP contribution < -0.4 is 11.1 Å². The number of pyridine rings is 1. The number of rotatable bonds is 3. The molecule has 0 spiro atoms. The number of nitrogens with two attached hydrogens (primary N) is 1. The zero-order valence-corrected chi connectivity index (χ0v) is 11.2. The lowest BCUT2D eigenvalue weighted by molar-refractivity contribution is 0.102. The van der Waals surface area contributed by atoms with Crippen molar-refractivity contribution < 1.29 is 4.79 Å². The van der Waals surface area contributed by atoms with Crippen molar-refractivity contribution >= 4 is 28.7 Å². The van der Waals surface area contributed by atoms with Gasteiger partial charge in [-0.15, -0.1) is 11.3 Å². The van der Waals surface area contributed by atoms with Crippen LogP contribution in [0, 0.1) is 6.92 Å². The predicted octanol–water partition coefficient (Wildman–Crippen LogP) is 2.85. The van der Waals surface area contributed by atoms with Crippen LogP contribution in [0.2, 0.25) is 0 Å². The van der Waals surface area contributed by atoms with Gasteiger partial charge in [-0.3, -0.25) is 4.79 Å². The Bertz CT molecular complexity index is 577. The third-order valence-electron chi connectivity index (χ3n) is 2.73. The third kappa shape index (κ3) is 2.51. The van der Waals surface area contributed by atoms with Crippen LogP contribution in [0.4, 0.5) is 11.5 Å². The first-order valence-electron chi connectivity index (χ1n) is 5.71. The lowest BCUT2D eigenvalue weighted by Crippen LogP contribution is -2.13. The summed E-state index contributed by atoms with van der Waals surface area (Å²) in [7, 11) is 0. The average molecular weight is 261 g/mol. The van der Waals surface area contributed by atoms with Crippen LogP contribution >= 0.6 is 11.3 Å². The molecular weight excluding hydrogens is 246 g/mol. The van der Waals surface area contributed by atoms with Crippen molar-refractivity contribution in [2.45, 2.75) is 20.3 Å². The minimum Gasteiger partial charge on any atom is -0.397 e. The number of nitrogens with one attached hydrogen (secondary N) is 1. The first-order chi connectivity index (χ1) is 8.61. The van der Waals surface area contributed by atoms with E-state index in [2.05, 4.69) is 10.3 Å². The van der Waals surface area contributed by atoms with Gasteiger partial charge in [-0.2, -0.15) is 0 Å². The number of anilines is 2. The number of hydrogen-bond acceptors (Lipinski definition) is 4. The number of hydrogen-bond donors (Lipinski definition) is 2. The number of thiophene rings is 1. The Morgan fingerprint density at radius 1 is 1.56 bits per heavy atom. The van der Waals surface area contributed by atoms with E-state index >= 15 is 0 Å². The summed E-state index contributed by atoms with van der Waals surface area (Å²) in [6.45, 7) is 3.92. The van der Waals surface area contributed by atoms with Gasteiger partial charge in [0.15, 0.2) is 0 Å². The first-order valence-corrected chi connectivity index (χ1v) is 6.59. The van der Waals surface area contributed by atoms with Crippen LogP contribution in [-0.4, -0.2) is 10.9 Å². The van der Waals surface area contributed by atoms with Gasteiger partial charge in [-0.05, 0) is 42.0 Å². The van der Waals surface area contributed by atoms with Gasteiger partial charge in [-0.1, -0.05) is 6.92 Å². The van der Waals surface area contributed by atoms with Crippen LogP contribution in [-0.2, 0) is 6.42 Å². The maximum absolute atomic E-state index is 12.1. The van der Waals surface area contributed by atoms with Crippen LogP contribution in [0.25, 0.3) is 0 Å². The lowest BCUT2D eigenvalue weighted by atomic mass is 10.2. The minimum absolute atomic E-state index is 0.112. The molecule has 94 valence electrons. The van der Waals surface area contributed by atoms with Crippen molar-refractivity contribution in [2.75, 3.05) is 11.1 Å². The molecule has 0 aliphatic heterocycles. The molecule has 0 aliphatic rings. The van der Waals surface area contributed by atoms with Gasteiger partial charge < -0.3 is 11.1 Å². The molecule has 2 aromatic heterocycles. The highest BCUT2D eigenvalue weighted by Gasteiger charge is 2.12. The number of nitrogens with zero attached hydrogens (tertiary/aromatic N) is 1. The standard InChI is InChI=1S/C13H15N3OS/c1-3-9-4-5-18-12(9)13(17)16-11-6-8(2)10(14)7-15-11/h4-7H,3,14H2,1-2H3,(H,15,16,17). The molecule has 3 N–H and O–H groups in total. The molecule has 4 nitrogen and oxygen atoms in total. The van der Waals surface area contributed by atoms with Gasteiger partial charge >= 0.3 is 0 Å². The summed E-state index contributed by atoms with van der Waals surface area (Å²) in [5, 5.41) is 4.72. The third-order valence-corrected chi connectivity index (χ3v) is 3.68. The molecule has 5 heteroatoms. The minimum atomic E-state index is -0.112. The SMILES string of the molecule is CCc1ccsc1C(=O)Nc1cc(C)c(N)cn1. The van der Waals surface area contributed by atoms with Gasteiger partial charge in [-0.25, -0.2) is 4.98 Å². The van der Waals surface area contributed by atoms with Crippen LogP contribution in [0.1, 0.15) is 27.7 Å². The second-order valence-corrected chi connectivity index (χ2v) is 4.92. The largest absolute Gasteiger partial charge is 0.397 e. The Hall–Kier alpha value is -1.88. The monoisotopic (exact) mass is 261 g/mol. The quantitative estimate of drug-likeness (QED) is 0.892. The van der Waals surface area contributed by atoms with E-state index in [0.717, 1.165) is 22.4 Å². The van der Waals surface area contributed by atoms with Crippen molar-refractivity contribution in [3.63, 3.8) is 0 Å². The molecule has 0 atom stereocenters. The van der Waals surface area contributed by atoms with E-state index < -0.39 is 0 Å². The van der Waals surface area contributed by atoms with Crippen molar-refractivity contribution in [1.82, 2.24) is 4.98 Å². The fourth-order valence-electron chi connectivity index (χ4n) is 1.62.